The summed E-state index contributed by atoms with van der Waals surface area (Å²) in [5.41, 5.74) is 4.28. The average Bonchev–Trinajstić information content (AvgIpc) is 2.74. The van der Waals surface area contributed by atoms with Gasteiger partial charge in [-0.05, 0) is 29.8 Å². The van der Waals surface area contributed by atoms with Crippen LogP contribution in [-0.2, 0) is 22.8 Å². The van der Waals surface area contributed by atoms with Crippen LogP contribution in [0.2, 0.25) is 0 Å². The second-order valence-electron chi connectivity index (χ2n) is 6.53. The minimum atomic E-state index is -0.485. The van der Waals surface area contributed by atoms with Crippen molar-refractivity contribution in [3.8, 4) is 11.8 Å². The zero-order chi connectivity index (χ0) is 19.3. The molecule has 0 aliphatic carbocycles. The van der Waals surface area contributed by atoms with Crippen LogP contribution in [0.25, 0.3) is 0 Å². The smallest absolute Gasteiger partial charge is 0.227 e. The Balaban J connectivity index is 1.48. The number of nitrogens with zero attached hydrogens (tertiary/aromatic N) is 1. The van der Waals surface area contributed by atoms with E-state index in [0.717, 1.165) is 28.0 Å². The lowest BCUT2D eigenvalue weighted by Crippen LogP contribution is -2.19. The van der Waals surface area contributed by atoms with Crippen LogP contribution in [0, 0.1) is 17.1 Å². The molecule has 4 rings (SSSR count). The van der Waals surface area contributed by atoms with Crippen molar-refractivity contribution in [3.05, 3.63) is 100 Å². The lowest BCUT2D eigenvalue weighted by molar-refractivity contribution is -0.112. The first kappa shape index (κ1) is 18.5. The van der Waals surface area contributed by atoms with Crippen molar-refractivity contribution in [3.63, 3.8) is 0 Å². The van der Waals surface area contributed by atoms with Gasteiger partial charge in [-0.3, -0.25) is 0 Å². The quantitative estimate of drug-likeness (QED) is 0.556. The zero-order valence-corrected chi connectivity index (χ0v) is 15.9. The zero-order valence-electron chi connectivity index (χ0n) is 15.1. The Morgan fingerprint density at radius 1 is 1.04 bits per heavy atom. The van der Waals surface area contributed by atoms with Gasteiger partial charge in [0.1, 0.15) is 11.6 Å². The normalized spacial score (nSPS) is 15.4. The molecule has 1 heterocycles. The molecule has 0 radical (unpaired) electrons. The molecular weight excluding hydrogens is 373 g/mol. The molecule has 0 aromatic heterocycles. The Labute approximate surface area is 167 Å². The van der Waals surface area contributed by atoms with Crippen LogP contribution in [0.4, 0.5) is 4.39 Å². The molecule has 1 aliphatic rings. The highest BCUT2D eigenvalue weighted by Crippen LogP contribution is 2.38. The van der Waals surface area contributed by atoms with Gasteiger partial charge in [-0.15, -0.1) is 0 Å². The molecular formula is C23H18FNO2S. The molecule has 140 valence electrons. The minimum Gasteiger partial charge on any atom is -0.460 e. The van der Waals surface area contributed by atoms with E-state index in [9.17, 15) is 4.39 Å². The molecule has 0 unspecified atom stereocenters. The Morgan fingerprint density at radius 2 is 1.82 bits per heavy atom. The summed E-state index contributed by atoms with van der Waals surface area (Å²) in [6.07, 6.45) is -0.485. The van der Waals surface area contributed by atoms with Crippen LogP contribution in [0.5, 0.6) is 5.75 Å². The Hall–Kier alpha value is -2.81. The summed E-state index contributed by atoms with van der Waals surface area (Å²) < 4.78 is 25.9. The third kappa shape index (κ3) is 4.19. The van der Waals surface area contributed by atoms with Crippen molar-refractivity contribution in [1.29, 1.82) is 5.26 Å². The molecule has 1 aliphatic heterocycles. The largest absolute Gasteiger partial charge is 0.460 e. The number of ether oxygens (including phenoxy) is 2. The lowest BCUT2D eigenvalue weighted by Gasteiger charge is -2.28. The van der Waals surface area contributed by atoms with Gasteiger partial charge in [0, 0.05) is 28.2 Å². The molecule has 0 amide bonds. The number of rotatable bonds is 5. The number of thioether (sulfide) groups is 1. The summed E-state index contributed by atoms with van der Waals surface area (Å²) in [7, 11) is 0. The maximum Gasteiger partial charge on any atom is 0.227 e. The highest BCUT2D eigenvalue weighted by Gasteiger charge is 2.25. The first-order valence-corrected chi connectivity index (χ1v) is 10.1. The maximum absolute atomic E-state index is 14.1. The molecule has 1 atom stereocenters. The SMILES string of the molecule is N#Cc1ccc(CSCc2cc(F)cc3c2O[C@@H](c2ccccc2)OC3)cc1. The van der Waals surface area contributed by atoms with Crippen LogP contribution in [-0.4, -0.2) is 0 Å². The van der Waals surface area contributed by atoms with Crippen molar-refractivity contribution in [2.75, 3.05) is 0 Å². The number of nitriles is 1. The highest BCUT2D eigenvalue weighted by molar-refractivity contribution is 7.97. The van der Waals surface area contributed by atoms with E-state index in [1.165, 1.54) is 12.1 Å². The van der Waals surface area contributed by atoms with Crippen molar-refractivity contribution in [2.24, 2.45) is 0 Å². The summed E-state index contributed by atoms with van der Waals surface area (Å²) in [4.78, 5) is 0. The summed E-state index contributed by atoms with van der Waals surface area (Å²) in [6.45, 7) is 0.319. The average molecular weight is 391 g/mol. The van der Waals surface area contributed by atoms with E-state index >= 15 is 0 Å². The third-order valence-corrected chi connectivity index (χ3v) is 5.56. The molecule has 0 N–H and O–H groups in total. The molecule has 0 fully saturated rings. The Kier molecular flexibility index (Phi) is 5.61. The number of hydrogen-bond donors (Lipinski definition) is 0. The van der Waals surface area contributed by atoms with Crippen molar-refractivity contribution in [1.82, 2.24) is 0 Å². The van der Waals surface area contributed by atoms with Gasteiger partial charge in [-0.2, -0.15) is 17.0 Å². The summed E-state index contributed by atoms with van der Waals surface area (Å²) in [5.74, 6) is 1.84. The van der Waals surface area contributed by atoms with Gasteiger partial charge < -0.3 is 9.47 Å². The van der Waals surface area contributed by atoms with E-state index < -0.39 is 6.29 Å². The number of fused-ring (bicyclic) bond motifs is 1. The predicted molar refractivity (Wildman–Crippen MR) is 107 cm³/mol. The predicted octanol–water partition coefficient (Wildman–Crippen LogP) is 5.74. The van der Waals surface area contributed by atoms with Gasteiger partial charge in [0.05, 0.1) is 18.2 Å². The molecule has 0 saturated heterocycles. The second-order valence-corrected chi connectivity index (χ2v) is 7.51. The molecule has 0 saturated carbocycles. The van der Waals surface area contributed by atoms with Crippen molar-refractivity contribution in [2.45, 2.75) is 24.4 Å². The van der Waals surface area contributed by atoms with Gasteiger partial charge in [0.25, 0.3) is 0 Å². The van der Waals surface area contributed by atoms with Crippen LogP contribution in [0.15, 0.2) is 66.7 Å². The Morgan fingerprint density at radius 3 is 2.57 bits per heavy atom. The molecule has 3 aromatic rings. The third-order valence-electron chi connectivity index (χ3n) is 4.50. The van der Waals surface area contributed by atoms with Crippen LogP contribution >= 0.6 is 11.8 Å². The van der Waals surface area contributed by atoms with E-state index in [4.69, 9.17) is 14.7 Å². The van der Waals surface area contributed by atoms with Gasteiger partial charge >= 0.3 is 0 Å². The number of halogens is 1. The number of hydrogen-bond acceptors (Lipinski definition) is 4. The maximum atomic E-state index is 14.1. The summed E-state index contributed by atoms with van der Waals surface area (Å²) in [6, 6.07) is 22.4. The molecule has 0 spiro atoms. The summed E-state index contributed by atoms with van der Waals surface area (Å²) in [5, 5.41) is 8.88. The minimum absolute atomic E-state index is 0.280. The highest BCUT2D eigenvalue weighted by atomic mass is 32.2. The van der Waals surface area contributed by atoms with Gasteiger partial charge in [-0.1, -0.05) is 42.5 Å². The fraction of sp³-hybridized carbons (Fsp3) is 0.174. The first-order valence-electron chi connectivity index (χ1n) is 8.94. The standard InChI is InChI=1S/C23H18FNO2S/c24-21-10-19-13-26-23(18-4-2-1-3-5-18)27-22(19)20(11-21)15-28-14-17-8-6-16(12-25)7-9-17/h1-11,23H,13-15H2/t23-/m0/s1. The van der Waals surface area contributed by atoms with Gasteiger partial charge in [-0.25, -0.2) is 4.39 Å². The van der Waals surface area contributed by atoms with Crippen molar-refractivity contribution >= 4 is 11.8 Å². The molecule has 3 aromatic carbocycles. The summed E-state index contributed by atoms with van der Waals surface area (Å²) >= 11 is 1.68. The van der Waals surface area contributed by atoms with Crippen LogP contribution < -0.4 is 4.74 Å². The van der Waals surface area contributed by atoms with E-state index in [0.29, 0.717) is 23.7 Å². The molecule has 5 heteroatoms. The molecule has 0 bridgehead atoms. The first-order chi connectivity index (χ1) is 13.7. The van der Waals surface area contributed by atoms with Gasteiger partial charge in [0.15, 0.2) is 0 Å². The lowest BCUT2D eigenvalue weighted by atomic mass is 10.1. The topological polar surface area (TPSA) is 42.2 Å². The molecule has 28 heavy (non-hydrogen) atoms. The van der Waals surface area contributed by atoms with E-state index in [1.54, 1.807) is 11.8 Å². The van der Waals surface area contributed by atoms with E-state index in [-0.39, 0.29) is 5.82 Å². The molecule has 3 nitrogen and oxygen atoms in total. The fourth-order valence-corrected chi connectivity index (χ4v) is 4.08. The number of benzene rings is 3. The van der Waals surface area contributed by atoms with Crippen LogP contribution in [0.3, 0.4) is 0 Å². The second kappa shape index (κ2) is 8.47. The van der Waals surface area contributed by atoms with E-state index in [1.807, 2.05) is 54.6 Å². The Bertz CT molecular complexity index is 1000. The van der Waals surface area contributed by atoms with E-state index in [2.05, 4.69) is 6.07 Å². The van der Waals surface area contributed by atoms with Crippen LogP contribution in [0.1, 0.15) is 34.1 Å². The monoisotopic (exact) mass is 391 g/mol. The van der Waals surface area contributed by atoms with Crippen molar-refractivity contribution < 1.29 is 13.9 Å². The fourth-order valence-electron chi connectivity index (χ4n) is 3.11. The van der Waals surface area contributed by atoms with Gasteiger partial charge in [0.2, 0.25) is 6.29 Å².